The molecule has 0 aliphatic carbocycles. The number of carbonyl (C=O) groups is 1. The van der Waals surface area contributed by atoms with Gasteiger partial charge in [0.1, 0.15) is 6.61 Å². The van der Waals surface area contributed by atoms with Crippen LogP contribution in [0, 0.1) is 0 Å². The molecule has 1 amide bonds. The van der Waals surface area contributed by atoms with Gasteiger partial charge in [-0.1, -0.05) is 36.4 Å². The van der Waals surface area contributed by atoms with Crippen molar-refractivity contribution in [1.82, 2.24) is 4.90 Å². The summed E-state index contributed by atoms with van der Waals surface area (Å²) in [6.45, 7) is 2.36. The number of benzene rings is 1. The van der Waals surface area contributed by atoms with Crippen molar-refractivity contribution in [2.24, 2.45) is 0 Å². The van der Waals surface area contributed by atoms with Crippen LogP contribution in [0.3, 0.4) is 0 Å². The second kappa shape index (κ2) is 4.84. The Labute approximate surface area is 95.3 Å². The smallest absolute Gasteiger partial charge is 0.414 e. The maximum atomic E-state index is 11.4. The molecule has 1 saturated heterocycles. The molecular formula is C13H15NO2. The second-order valence-electron chi connectivity index (χ2n) is 3.81. The summed E-state index contributed by atoms with van der Waals surface area (Å²) in [5.74, 6) is 0. The van der Waals surface area contributed by atoms with Crippen LogP contribution >= 0.6 is 0 Å². The summed E-state index contributed by atoms with van der Waals surface area (Å²) in [7, 11) is 0. The number of hydrogen-bond donors (Lipinski definition) is 0. The zero-order chi connectivity index (χ0) is 11.4. The molecule has 1 aliphatic heterocycles. The van der Waals surface area contributed by atoms with Gasteiger partial charge in [0.25, 0.3) is 0 Å². The first-order chi connectivity index (χ1) is 7.81. The summed E-state index contributed by atoms with van der Waals surface area (Å²) in [5, 5.41) is 0. The molecule has 16 heavy (non-hydrogen) atoms. The van der Waals surface area contributed by atoms with Gasteiger partial charge in [-0.3, -0.25) is 4.90 Å². The Hall–Kier alpha value is -1.77. The molecule has 0 N–H and O–H groups in total. The summed E-state index contributed by atoms with van der Waals surface area (Å²) in [5.41, 5.74) is 1.22. The summed E-state index contributed by atoms with van der Waals surface area (Å²) < 4.78 is 5.04. The third-order valence-corrected chi connectivity index (χ3v) is 2.63. The molecule has 3 nitrogen and oxygen atoms in total. The van der Waals surface area contributed by atoms with Crippen LogP contribution in [0.2, 0.25) is 0 Å². The first-order valence-corrected chi connectivity index (χ1v) is 5.43. The number of cyclic esters (lactones) is 1. The van der Waals surface area contributed by atoms with Crippen LogP contribution in [0.1, 0.15) is 12.5 Å². The quantitative estimate of drug-likeness (QED) is 0.778. The number of ether oxygens (including phenoxy) is 1. The van der Waals surface area contributed by atoms with E-state index in [4.69, 9.17) is 4.74 Å². The number of rotatable bonds is 3. The van der Waals surface area contributed by atoms with Crippen molar-refractivity contribution in [2.45, 2.75) is 19.4 Å². The van der Waals surface area contributed by atoms with E-state index in [1.165, 1.54) is 5.56 Å². The molecule has 1 aliphatic rings. The van der Waals surface area contributed by atoms with Gasteiger partial charge in [-0.05, 0) is 18.9 Å². The van der Waals surface area contributed by atoms with Crippen molar-refractivity contribution >= 4 is 6.09 Å². The van der Waals surface area contributed by atoms with Crippen molar-refractivity contribution in [3.8, 4) is 0 Å². The van der Waals surface area contributed by atoms with E-state index in [1.807, 2.05) is 31.2 Å². The molecule has 84 valence electrons. The maximum Gasteiger partial charge on any atom is 0.414 e. The normalized spacial score (nSPS) is 20.4. The van der Waals surface area contributed by atoms with Gasteiger partial charge < -0.3 is 4.74 Å². The first kappa shape index (κ1) is 10.7. The number of allylic oxidation sites excluding steroid dienone is 1. The van der Waals surface area contributed by atoms with E-state index in [9.17, 15) is 4.79 Å². The minimum atomic E-state index is -0.251. The fourth-order valence-corrected chi connectivity index (χ4v) is 1.86. The Kier molecular flexibility index (Phi) is 3.25. The molecule has 0 radical (unpaired) electrons. The van der Waals surface area contributed by atoms with Crippen LogP contribution < -0.4 is 0 Å². The minimum absolute atomic E-state index is 0.117. The molecular weight excluding hydrogens is 202 g/mol. The van der Waals surface area contributed by atoms with Crippen LogP contribution in [0.15, 0.2) is 42.6 Å². The van der Waals surface area contributed by atoms with Crippen LogP contribution in [-0.2, 0) is 11.2 Å². The highest BCUT2D eigenvalue weighted by Gasteiger charge is 2.30. The SMILES string of the molecule is CC=CN1C(=O)OC[C@@H]1Cc1ccccc1. The lowest BCUT2D eigenvalue weighted by atomic mass is 10.1. The zero-order valence-electron chi connectivity index (χ0n) is 9.30. The molecule has 1 atom stereocenters. The van der Waals surface area contributed by atoms with Gasteiger partial charge >= 0.3 is 6.09 Å². The third kappa shape index (κ3) is 2.24. The molecule has 0 unspecified atom stereocenters. The molecule has 0 bridgehead atoms. The fraction of sp³-hybridized carbons (Fsp3) is 0.308. The predicted octanol–water partition coefficient (Wildman–Crippen LogP) is 2.58. The van der Waals surface area contributed by atoms with Gasteiger partial charge in [-0.25, -0.2) is 4.79 Å². The number of amides is 1. The first-order valence-electron chi connectivity index (χ1n) is 5.43. The Balaban J connectivity index is 2.07. The van der Waals surface area contributed by atoms with Crippen molar-refractivity contribution in [1.29, 1.82) is 0 Å². The highest BCUT2D eigenvalue weighted by molar-refractivity contribution is 5.71. The van der Waals surface area contributed by atoms with Crippen molar-refractivity contribution < 1.29 is 9.53 Å². The molecule has 1 aromatic rings. The third-order valence-electron chi connectivity index (χ3n) is 2.63. The van der Waals surface area contributed by atoms with Crippen LogP contribution in [-0.4, -0.2) is 23.6 Å². The van der Waals surface area contributed by atoms with E-state index in [1.54, 1.807) is 11.1 Å². The van der Waals surface area contributed by atoms with Crippen LogP contribution in [0.5, 0.6) is 0 Å². The number of hydrogen-bond acceptors (Lipinski definition) is 2. The molecule has 1 heterocycles. The number of carbonyl (C=O) groups excluding carboxylic acids is 1. The van der Waals surface area contributed by atoms with E-state index in [0.717, 1.165) is 6.42 Å². The van der Waals surface area contributed by atoms with E-state index in [-0.39, 0.29) is 12.1 Å². The van der Waals surface area contributed by atoms with Gasteiger partial charge in [0.2, 0.25) is 0 Å². The lowest BCUT2D eigenvalue weighted by molar-refractivity contribution is 0.166. The van der Waals surface area contributed by atoms with Crippen molar-refractivity contribution in [3.63, 3.8) is 0 Å². The molecule has 1 fully saturated rings. The second-order valence-corrected chi connectivity index (χ2v) is 3.81. The molecule has 0 saturated carbocycles. The lowest BCUT2D eigenvalue weighted by Crippen LogP contribution is -2.30. The van der Waals surface area contributed by atoms with Gasteiger partial charge in [0.05, 0.1) is 6.04 Å². The van der Waals surface area contributed by atoms with Crippen LogP contribution in [0.25, 0.3) is 0 Å². The summed E-state index contributed by atoms with van der Waals surface area (Å²) in [6.07, 6.45) is 4.21. The predicted molar refractivity (Wildman–Crippen MR) is 61.9 cm³/mol. The Morgan fingerprint density at radius 2 is 2.19 bits per heavy atom. The lowest BCUT2D eigenvalue weighted by Gasteiger charge is -2.16. The van der Waals surface area contributed by atoms with Crippen LogP contribution in [0.4, 0.5) is 4.79 Å². The maximum absolute atomic E-state index is 11.4. The van der Waals surface area contributed by atoms with Gasteiger partial charge in [-0.15, -0.1) is 0 Å². The number of nitrogens with zero attached hydrogens (tertiary/aromatic N) is 1. The van der Waals surface area contributed by atoms with E-state index in [0.29, 0.717) is 6.61 Å². The molecule has 0 spiro atoms. The van der Waals surface area contributed by atoms with E-state index in [2.05, 4.69) is 12.1 Å². The highest BCUT2D eigenvalue weighted by atomic mass is 16.6. The standard InChI is InChI=1S/C13H15NO2/c1-2-8-14-12(10-16-13(14)15)9-11-6-4-3-5-7-11/h2-8,12H,9-10H2,1H3/t12-/m0/s1. The molecule has 3 heteroatoms. The molecule has 0 aromatic heterocycles. The minimum Gasteiger partial charge on any atom is -0.447 e. The van der Waals surface area contributed by atoms with Crippen molar-refractivity contribution in [2.75, 3.05) is 6.61 Å². The van der Waals surface area contributed by atoms with E-state index < -0.39 is 0 Å². The topological polar surface area (TPSA) is 29.5 Å². The van der Waals surface area contributed by atoms with Crippen molar-refractivity contribution in [3.05, 3.63) is 48.2 Å². The summed E-state index contributed by atoms with van der Waals surface area (Å²) in [6, 6.07) is 10.3. The monoisotopic (exact) mass is 217 g/mol. The molecule has 2 rings (SSSR count). The van der Waals surface area contributed by atoms with E-state index >= 15 is 0 Å². The summed E-state index contributed by atoms with van der Waals surface area (Å²) in [4.78, 5) is 13.1. The Morgan fingerprint density at radius 1 is 1.44 bits per heavy atom. The fourth-order valence-electron chi connectivity index (χ4n) is 1.86. The Bertz CT molecular complexity index is 386. The van der Waals surface area contributed by atoms with Gasteiger partial charge in [0, 0.05) is 6.20 Å². The largest absolute Gasteiger partial charge is 0.447 e. The average molecular weight is 217 g/mol. The molecule has 1 aromatic carbocycles. The Morgan fingerprint density at radius 3 is 2.88 bits per heavy atom. The zero-order valence-corrected chi connectivity index (χ0v) is 9.30. The summed E-state index contributed by atoms with van der Waals surface area (Å²) >= 11 is 0. The van der Waals surface area contributed by atoms with Gasteiger partial charge in [-0.2, -0.15) is 0 Å². The van der Waals surface area contributed by atoms with Gasteiger partial charge in [0.15, 0.2) is 0 Å². The average Bonchev–Trinajstić information content (AvgIpc) is 2.64. The highest BCUT2D eigenvalue weighted by Crippen LogP contribution is 2.17.